The Kier molecular flexibility index (Phi) is 4.35. The highest BCUT2D eigenvalue weighted by atomic mass is 35.5. The van der Waals surface area contributed by atoms with Gasteiger partial charge < -0.3 is 5.73 Å². The molecule has 0 saturated carbocycles. The fourth-order valence-corrected chi connectivity index (χ4v) is 3.15. The highest BCUT2D eigenvalue weighted by Gasteiger charge is 2.18. The SMILES string of the molecule is Nc1cc(F)c(S(=O)Cc2cc(F)ccc2Cl)c(F)c1. The Morgan fingerprint density at radius 2 is 1.70 bits per heavy atom. The molecule has 2 N–H and O–H groups in total. The predicted octanol–water partition coefficient (Wildman–Crippen LogP) is 3.65. The molecule has 0 fully saturated rings. The molecule has 0 spiro atoms. The van der Waals surface area contributed by atoms with Crippen LogP contribution in [-0.4, -0.2) is 4.21 Å². The van der Waals surface area contributed by atoms with Gasteiger partial charge in [-0.25, -0.2) is 13.2 Å². The van der Waals surface area contributed by atoms with Crippen LogP contribution in [0, 0.1) is 17.5 Å². The molecule has 7 heteroatoms. The first-order valence-electron chi connectivity index (χ1n) is 5.45. The molecule has 0 heterocycles. The molecule has 2 aromatic rings. The van der Waals surface area contributed by atoms with Gasteiger partial charge in [-0.3, -0.25) is 4.21 Å². The summed E-state index contributed by atoms with van der Waals surface area (Å²) in [4.78, 5) is -0.598. The van der Waals surface area contributed by atoms with Gasteiger partial charge in [0.1, 0.15) is 22.3 Å². The van der Waals surface area contributed by atoms with E-state index in [-0.39, 0.29) is 22.0 Å². The maximum atomic E-state index is 13.6. The van der Waals surface area contributed by atoms with Crippen LogP contribution in [0.3, 0.4) is 0 Å². The van der Waals surface area contributed by atoms with Crippen molar-refractivity contribution in [3.63, 3.8) is 0 Å². The first kappa shape index (κ1) is 14.9. The van der Waals surface area contributed by atoms with Gasteiger partial charge in [0.05, 0.1) is 16.6 Å². The van der Waals surface area contributed by atoms with E-state index >= 15 is 0 Å². The number of nitrogens with two attached hydrogens (primary N) is 1. The lowest BCUT2D eigenvalue weighted by Gasteiger charge is -2.08. The summed E-state index contributed by atoms with van der Waals surface area (Å²) in [5, 5.41) is 0.177. The Bertz CT molecular complexity index is 670. The molecular formula is C13H9ClF3NOS. The van der Waals surface area contributed by atoms with Crippen molar-refractivity contribution in [2.45, 2.75) is 10.6 Å². The van der Waals surface area contributed by atoms with E-state index in [4.69, 9.17) is 17.3 Å². The number of hydrogen-bond acceptors (Lipinski definition) is 2. The summed E-state index contributed by atoms with van der Waals surface area (Å²) in [7, 11) is -2.04. The van der Waals surface area contributed by atoms with Crippen molar-refractivity contribution >= 4 is 28.1 Å². The smallest absolute Gasteiger partial charge is 0.144 e. The molecule has 1 unspecified atom stereocenters. The highest BCUT2D eigenvalue weighted by Crippen LogP contribution is 2.25. The van der Waals surface area contributed by atoms with E-state index in [1.165, 1.54) is 6.07 Å². The van der Waals surface area contributed by atoms with Crippen LogP contribution in [0.5, 0.6) is 0 Å². The number of anilines is 1. The molecule has 2 aromatic carbocycles. The van der Waals surface area contributed by atoms with E-state index in [1.54, 1.807) is 0 Å². The zero-order valence-electron chi connectivity index (χ0n) is 10.00. The van der Waals surface area contributed by atoms with Gasteiger partial charge in [-0.2, -0.15) is 0 Å². The average molecular weight is 320 g/mol. The second-order valence-electron chi connectivity index (χ2n) is 4.04. The van der Waals surface area contributed by atoms with Gasteiger partial charge in [-0.15, -0.1) is 0 Å². The molecule has 1 atom stereocenters. The van der Waals surface area contributed by atoms with E-state index in [2.05, 4.69) is 0 Å². The van der Waals surface area contributed by atoms with Crippen LogP contribution in [-0.2, 0) is 16.6 Å². The summed E-state index contributed by atoms with van der Waals surface area (Å²) >= 11 is 5.82. The standard InChI is InChI=1S/C13H9ClF3NOS/c14-10-2-1-8(15)3-7(10)6-20(19)13-11(16)4-9(18)5-12(13)17/h1-5H,6,18H2. The van der Waals surface area contributed by atoms with Gasteiger partial charge in [-0.05, 0) is 35.9 Å². The topological polar surface area (TPSA) is 43.1 Å². The van der Waals surface area contributed by atoms with Crippen LogP contribution < -0.4 is 5.73 Å². The number of benzene rings is 2. The largest absolute Gasteiger partial charge is 0.399 e. The van der Waals surface area contributed by atoms with Crippen molar-refractivity contribution in [2.24, 2.45) is 0 Å². The summed E-state index contributed by atoms with van der Waals surface area (Å²) in [6.07, 6.45) is 0. The van der Waals surface area contributed by atoms with Crippen molar-refractivity contribution in [3.05, 3.63) is 58.4 Å². The normalized spacial score (nSPS) is 12.4. The Hall–Kier alpha value is -1.53. The summed E-state index contributed by atoms with van der Waals surface area (Å²) in [6.45, 7) is 0. The lowest BCUT2D eigenvalue weighted by Crippen LogP contribution is -2.04. The molecule has 0 bridgehead atoms. The highest BCUT2D eigenvalue weighted by molar-refractivity contribution is 7.84. The second-order valence-corrected chi connectivity index (χ2v) is 5.83. The third-order valence-electron chi connectivity index (χ3n) is 2.54. The van der Waals surface area contributed by atoms with Crippen molar-refractivity contribution in [1.82, 2.24) is 0 Å². The third kappa shape index (κ3) is 3.13. The minimum Gasteiger partial charge on any atom is -0.399 e. The molecule has 0 saturated heterocycles. The number of halogens is 4. The second kappa shape index (κ2) is 5.85. The zero-order valence-corrected chi connectivity index (χ0v) is 11.6. The fourth-order valence-electron chi connectivity index (χ4n) is 1.66. The maximum Gasteiger partial charge on any atom is 0.144 e. The molecule has 0 aromatic heterocycles. The van der Waals surface area contributed by atoms with Crippen LogP contribution in [0.15, 0.2) is 35.2 Å². The lowest BCUT2D eigenvalue weighted by molar-refractivity contribution is 0.535. The molecule has 106 valence electrons. The molecule has 20 heavy (non-hydrogen) atoms. The van der Waals surface area contributed by atoms with Gasteiger partial charge >= 0.3 is 0 Å². The van der Waals surface area contributed by atoms with Crippen molar-refractivity contribution in [2.75, 3.05) is 5.73 Å². The zero-order chi connectivity index (χ0) is 14.9. The number of rotatable bonds is 3. The van der Waals surface area contributed by atoms with E-state index in [0.29, 0.717) is 0 Å². The average Bonchev–Trinajstić information content (AvgIpc) is 2.32. The molecule has 0 amide bonds. The van der Waals surface area contributed by atoms with Crippen LogP contribution in [0.1, 0.15) is 5.56 Å². The summed E-state index contributed by atoms with van der Waals surface area (Å²) in [5.74, 6) is -2.88. The summed E-state index contributed by atoms with van der Waals surface area (Å²) < 4.78 is 52.4. The third-order valence-corrected chi connectivity index (χ3v) is 4.33. The van der Waals surface area contributed by atoms with Gasteiger partial charge in [0.2, 0.25) is 0 Å². The molecule has 2 rings (SSSR count). The van der Waals surface area contributed by atoms with Crippen LogP contribution in [0.2, 0.25) is 5.02 Å². The van der Waals surface area contributed by atoms with E-state index in [1.807, 2.05) is 0 Å². The van der Waals surface area contributed by atoms with Crippen molar-refractivity contribution in [3.8, 4) is 0 Å². The maximum absolute atomic E-state index is 13.6. The van der Waals surface area contributed by atoms with E-state index in [9.17, 15) is 17.4 Å². The summed E-state index contributed by atoms with van der Waals surface area (Å²) in [5.41, 5.74) is 5.38. The van der Waals surface area contributed by atoms with E-state index < -0.39 is 33.1 Å². The Labute approximate surface area is 120 Å². The summed E-state index contributed by atoms with van der Waals surface area (Å²) in [6, 6.07) is 5.26. The van der Waals surface area contributed by atoms with Gasteiger partial charge in [-0.1, -0.05) is 11.6 Å². The Morgan fingerprint density at radius 1 is 1.10 bits per heavy atom. The molecule has 0 aliphatic rings. The van der Waals surface area contributed by atoms with Crippen LogP contribution in [0.4, 0.5) is 18.9 Å². The molecule has 0 radical (unpaired) electrons. The minimum absolute atomic E-state index is 0.107. The molecule has 0 aliphatic heterocycles. The van der Waals surface area contributed by atoms with Gasteiger partial charge in [0, 0.05) is 10.7 Å². The van der Waals surface area contributed by atoms with Crippen LogP contribution in [0.25, 0.3) is 0 Å². The predicted molar refractivity (Wildman–Crippen MR) is 72.3 cm³/mol. The first-order valence-corrected chi connectivity index (χ1v) is 7.15. The molecular weight excluding hydrogens is 311 g/mol. The monoisotopic (exact) mass is 319 g/mol. The Balaban J connectivity index is 2.36. The lowest BCUT2D eigenvalue weighted by atomic mass is 10.2. The van der Waals surface area contributed by atoms with Crippen molar-refractivity contribution < 1.29 is 17.4 Å². The molecule has 2 nitrogen and oxygen atoms in total. The van der Waals surface area contributed by atoms with Gasteiger partial charge in [0.25, 0.3) is 0 Å². The van der Waals surface area contributed by atoms with Gasteiger partial charge in [0.15, 0.2) is 0 Å². The minimum atomic E-state index is -2.04. The quantitative estimate of drug-likeness (QED) is 0.878. The number of nitrogen functional groups attached to an aromatic ring is 1. The Morgan fingerprint density at radius 3 is 2.30 bits per heavy atom. The fraction of sp³-hybridized carbons (Fsp3) is 0.0769. The molecule has 0 aliphatic carbocycles. The first-order chi connectivity index (χ1) is 9.38. The van der Waals surface area contributed by atoms with Crippen LogP contribution >= 0.6 is 11.6 Å². The van der Waals surface area contributed by atoms with E-state index in [0.717, 1.165) is 24.3 Å². The van der Waals surface area contributed by atoms with Crippen molar-refractivity contribution in [1.29, 1.82) is 0 Å². The number of hydrogen-bond donors (Lipinski definition) is 1.